The number of aromatic nitrogens is 2. The lowest BCUT2D eigenvalue weighted by Crippen LogP contribution is -2.11. The lowest BCUT2D eigenvalue weighted by atomic mass is 10.2. The van der Waals surface area contributed by atoms with Gasteiger partial charge in [-0.15, -0.1) is 11.3 Å². The SMILES string of the molecule is CCn1cc(NC(=O)c2sccc2C#CCO)cn1. The predicted octanol–water partition coefficient (Wildman–Crippen LogP) is 1.56. The topological polar surface area (TPSA) is 67.2 Å². The summed E-state index contributed by atoms with van der Waals surface area (Å²) in [7, 11) is 0. The van der Waals surface area contributed by atoms with E-state index in [1.807, 2.05) is 6.92 Å². The highest BCUT2D eigenvalue weighted by Crippen LogP contribution is 2.18. The van der Waals surface area contributed by atoms with Gasteiger partial charge in [-0.2, -0.15) is 5.10 Å². The van der Waals surface area contributed by atoms with Gasteiger partial charge in [0.25, 0.3) is 5.91 Å². The summed E-state index contributed by atoms with van der Waals surface area (Å²) in [5, 5.41) is 17.3. The number of aliphatic hydroxyl groups excluding tert-OH is 1. The van der Waals surface area contributed by atoms with Gasteiger partial charge >= 0.3 is 0 Å². The second-order valence-corrected chi connectivity index (χ2v) is 4.58. The molecule has 0 aliphatic carbocycles. The zero-order valence-electron chi connectivity index (χ0n) is 10.4. The van der Waals surface area contributed by atoms with Crippen LogP contribution < -0.4 is 5.32 Å². The minimum Gasteiger partial charge on any atom is -0.384 e. The van der Waals surface area contributed by atoms with Gasteiger partial charge in [-0.05, 0) is 18.4 Å². The minimum absolute atomic E-state index is 0.215. The van der Waals surface area contributed by atoms with E-state index < -0.39 is 0 Å². The predicted molar refractivity (Wildman–Crippen MR) is 74.1 cm³/mol. The number of rotatable bonds is 3. The van der Waals surface area contributed by atoms with Crippen molar-refractivity contribution >= 4 is 22.9 Å². The van der Waals surface area contributed by atoms with Crippen LogP contribution in [0.15, 0.2) is 23.8 Å². The third-order valence-corrected chi connectivity index (χ3v) is 3.30. The van der Waals surface area contributed by atoms with E-state index in [1.54, 1.807) is 28.5 Å². The molecule has 0 fully saturated rings. The number of thiophene rings is 1. The quantitative estimate of drug-likeness (QED) is 0.835. The molecule has 6 heteroatoms. The van der Waals surface area contributed by atoms with E-state index in [0.717, 1.165) is 6.54 Å². The average Bonchev–Trinajstić information content (AvgIpc) is 3.04. The fraction of sp³-hybridized carbons (Fsp3) is 0.231. The van der Waals surface area contributed by atoms with E-state index in [0.29, 0.717) is 16.1 Å². The lowest BCUT2D eigenvalue weighted by Gasteiger charge is -2.00. The number of nitrogens with zero attached hydrogens (tertiary/aromatic N) is 2. The Kier molecular flexibility index (Phi) is 4.34. The van der Waals surface area contributed by atoms with Crippen molar-refractivity contribution in [2.75, 3.05) is 11.9 Å². The van der Waals surface area contributed by atoms with Crippen LogP contribution in [0.1, 0.15) is 22.2 Å². The number of hydrogen-bond donors (Lipinski definition) is 2. The van der Waals surface area contributed by atoms with Crippen LogP contribution in [0, 0.1) is 11.8 Å². The summed E-state index contributed by atoms with van der Waals surface area (Å²) < 4.78 is 1.73. The van der Waals surface area contributed by atoms with Gasteiger partial charge in [0.15, 0.2) is 0 Å². The zero-order valence-corrected chi connectivity index (χ0v) is 11.2. The molecule has 0 aliphatic rings. The van der Waals surface area contributed by atoms with Crippen molar-refractivity contribution in [2.24, 2.45) is 0 Å². The second-order valence-electron chi connectivity index (χ2n) is 3.66. The molecule has 0 spiro atoms. The van der Waals surface area contributed by atoms with Gasteiger partial charge in [0.1, 0.15) is 11.5 Å². The molecule has 0 atom stereocenters. The van der Waals surface area contributed by atoms with Gasteiger partial charge in [0.05, 0.1) is 11.9 Å². The molecule has 0 bridgehead atoms. The summed E-state index contributed by atoms with van der Waals surface area (Å²) in [6, 6.07) is 1.76. The first-order chi connectivity index (χ1) is 9.24. The van der Waals surface area contributed by atoms with Crippen molar-refractivity contribution < 1.29 is 9.90 Å². The minimum atomic E-state index is -0.222. The van der Waals surface area contributed by atoms with E-state index in [9.17, 15) is 4.79 Å². The van der Waals surface area contributed by atoms with Gasteiger partial charge in [0, 0.05) is 18.3 Å². The first-order valence-corrected chi connectivity index (χ1v) is 6.63. The van der Waals surface area contributed by atoms with Crippen molar-refractivity contribution in [2.45, 2.75) is 13.5 Å². The fourth-order valence-electron chi connectivity index (χ4n) is 1.51. The molecule has 1 amide bonds. The van der Waals surface area contributed by atoms with Crippen LogP contribution in [-0.4, -0.2) is 27.4 Å². The van der Waals surface area contributed by atoms with Crippen molar-refractivity contribution in [3.8, 4) is 11.8 Å². The molecule has 98 valence electrons. The maximum Gasteiger partial charge on any atom is 0.267 e. The van der Waals surface area contributed by atoms with Crippen LogP contribution >= 0.6 is 11.3 Å². The summed E-state index contributed by atoms with van der Waals surface area (Å²) >= 11 is 1.32. The van der Waals surface area contributed by atoms with Crippen LogP contribution in [-0.2, 0) is 6.54 Å². The van der Waals surface area contributed by atoms with Crippen LogP contribution in [0.2, 0.25) is 0 Å². The van der Waals surface area contributed by atoms with E-state index in [1.165, 1.54) is 11.3 Å². The first kappa shape index (κ1) is 13.3. The van der Waals surface area contributed by atoms with Gasteiger partial charge in [0.2, 0.25) is 0 Å². The molecular formula is C13H13N3O2S. The van der Waals surface area contributed by atoms with Crippen molar-refractivity contribution in [3.05, 3.63) is 34.3 Å². The first-order valence-electron chi connectivity index (χ1n) is 5.75. The highest BCUT2D eigenvalue weighted by molar-refractivity contribution is 7.12. The fourth-order valence-corrected chi connectivity index (χ4v) is 2.25. The Balaban J connectivity index is 2.13. The molecule has 0 saturated heterocycles. The highest BCUT2D eigenvalue weighted by Gasteiger charge is 2.12. The average molecular weight is 275 g/mol. The largest absolute Gasteiger partial charge is 0.384 e. The summed E-state index contributed by atoms with van der Waals surface area (Å²) in [6.07, 6.45) is 3.37. The van der Waals surface area contributed by atoms with Crippen molar-refractivity contribution in [1.29, 1.82) is 0 Å². The second kappa shape index (κ2) is 6.18. The monoisotopic (exact) mass is 275 g/mol. The molecule has 0 radical (unpaired) electrons. The van der Waals surface area contributed by atoms with Crippen molar-refractivity contribution in [1.82, 2.24) is 9.78 Å². The van der Waals surface area contributed by atoms with Crippen LogP contribution in [0.25, 0.3) is 0 Å². The summed E-state index contributed by atoms with van der Waals surface area (Å²) in [6.45, 7) is 2.50. The number of amides is 1. The van der Waals surface area contributed by atoms with E-state index in [4.69, 9.17) is 5.11 Å². The number of hydrogen-bond acceptors (Lipinski definition) is 4. The molecule has 5 nitrogen and oxygen atoms in total. The molecule has 0 aromatic carbocycles. The van der Waals surface area contributed by atoms with Crippen LogP contribution in [0.4, 0.5) is 5.69 Å². The molecule has 2 aromatic heterocycles. The standard InChI is InChI=1S/C13H13N3O2S/c1-2-16-9-11(8-14-16)15-13(18)12-10(4-3-6-17)5-7-19-12/h5,7-9,17H,2,6H2,1H3,(H,15,18). The molecule has 19 heavy (non-hydrogen) atoms. The number of nitrogens with one attached hydrogen (secondary N) is 1. The number of aliphatic hydroxyl groups is 1. The molecule has 0 aliphatic heterocycles. The maximum atomic E-state index is 12.1. The Bertz CT molecular complexity index is 634. The molecular weight excluding hydrogens is 262 g/mol. The van der Waals surface area contributed by atoms with Crippen LogP contribution in [0.3, 0.4) is 0 Å². The Morgan fingerprint density at radius 1 is 1.63 bits per heavy atom. The van der Waals surface area contributed by atoms with Gasteiger partial charge in [-0.25, -0.2) is 0 Å². The van der Waals surface area contributed by atoms with Crippen LogP contribution in [0.5, 0.6) is 0 Å². The summed E-state index contributed by atoms with van der Waals surface area (Å²) in [5.41, 5.74) is 1.28. The maximum absolute atomic E-state index is 12.1. The summed E-state index contributed by atoms with van der Waals surface area (Å²) in [4.78, 5) is 12.6. The molecule has 0 unspecified atom stereocenters. The number of anilines is 1. The third kappa shape index (κ3) is 3.22. The van der Waals surface area contributed by atoms with E-state index in [2.05, 4.69) is 22.3 Å². The van der Waals surface area contributed by atoms with Gasteiger partial charge in [-0.3, -0.25) is 9.48 Å². The Hall–Kier alpha value is -2.10. The molecule has 2 heterocycles. The molecule has 0 saturated carbocycles. The van der Waals surface area contributed by atoms with Crippen molar-refractivity contribution in [3.63, 3.8) is 0 Å². The summed E-state index contributed by atoms with van der Waals surface area (Å²) in [5.74, 6) is 5.08. The normalized spacial score (nSPS) is 9.79. The Morgan fingerprint density at radius 3 is 3.16 bits per heavy atom. The Morgan fingerprint density at radius 2 is 2.47 bits per heavy atom. The Labute approximate surface area is 114 Å². The number of aryl methyl sites for hydroxylation is 1. The van der Waals surface area contributed by atoms with E-state index in [-0.39, 0.29) is 12.5 Å². The molecule has 2 rings (SSSR count). The third-order valence-electron chi connectivity index (χ3n) is 2.39. The van der Waals surface area contributed by atoms with E-state index >= 15 is 0 Å². The lowest BCUT2D eigenvalue weighted by molar-refractivity contribution is 0.103. The van der Waals surface area contributed by atoms with Gasteiger partial charge in [-0.1, -0.05) is 11.8 Å². The highest BCUT2D eigenvalue weighted by atomic mass is 32.1. The van der Waals surface area contributed by atoms with Gasteiger partial charge < -0.3 is 10.4 Å². The zero-order chi connectivity index (χ0) is 13.7. The number of carbonyl (C=O) groups excluding carboxylic acids is 1. The number of carbonyl (C=O) groups is 1. The smallest absolute Gasteiger partial charge is 0.267 e. The molecule has 2 N–H and O–H groups in total. The molecule has 2 aromatic rings.